The first-order chi connectivity index (χ1) is 4.72. The van der Waals surface area contributed by atoms with Crippen LogP contribution in [0.2, 0.25) is 0 Å². The Kier molecular flexibility index (Phi) is 5.03. The fraction of sp³-hybridized carbons (Fsp3) is 0.625. The number of ether oxygens (including phenoxy) is 2. The summed E-state index contributed by atoms with van der Waals surface area (Å²) < 4.78 is 10.2. The molecule has 0 spiro atoms. The molecule has 0 amide bonds. The van der Waals surface area contributed by atoms with E-state index in [0.717, 1.165) is 0 Å². The van der Waals surface area contributed by atoms with Crippen LogP contribution in [0.25, 0.3) is 0 Å². The first-order valence-electron chi connectivity index (χ1n) is 3.39. The Hall–Kier alpha value is -0.500. The van der Waals surface area contributed by atoms with E-state index in [1.165, 1.54) is 6.26 Å². The van der Waals surface area contributed by atoms with Crippen molar-refractivity contribution in [3.8, 4) is 0 Å². The molecule has 0 fully saturated rings. The maximum absolute atomic E-state index is 5.14. The lowest BCUT2D eigenvalue weighted by Crippen LogP contribution is -2.21. The highest BCUT2D eigenvalue weighted by Crippen LogP contribution is 2.07. The van der Waals surface area contributed by atoms with Gasteiger partial charge in [0.25, 0.3) is 0 Å². The van der Waals surface area contributed by atoms with Crippen LogP contribution >= 0.6 is 0 Å². The SMILES string of the molecule is [CH2]COC(OC=C)C(C)C. The molecule has 0 aromatic heterocycles. The Morgan fingerprint density at radius 2 is 2.10 bits per heavy atom. The molecular weight excluding hydrogens is 128 g/mol. The van der Waals surface area contributed by atoms with Gasteiger partial charge in [-0.2, -0.15) is 0 Å². The third-order valence-electron chi connectivity index (χ3n) is 1.06. The van der Waals surface area contributed by atoms with Crippen LogP contribution in [0, 0.1) is 12.8 Å². The van der Waals surface area contributed by atoms with Gasteiger partial charge in [0.05, 0.1) is 12.9 Å². The maximum Gasteiger partial charge on any atom is 0.201 e. The van der Waals surface area contributed by atoms with Gasteiger partial charge in [0.1, 0.15) is 0 Å². The standard InChI is InChI=1S/C8H15O2/c1-5-9-8(7(3)4)10-6-2/h5,7-8H,1-2,6H2,3-4H3. The summed E-state index contributed by atoms with van der Waals surface area (Å²) in [5.74, 6) is 0.333. The van der Waals surface area contributed by atoms with Crippen LogP contribution in [0.4, 0.5) is 0 Å². The largest absolute Gasteiger partial charge is 0.473 e. The average molecular weight is 143 g/mol. The van der Waals surface area contributed by atoms with E-state index < -0.39 is 0 Å². The molecule has 0 N–H and O–H groups in total. The van der Waals surface area contributed by atoms with Crippen LogP contribution in [0.1, 0.15) is 13.8 Å². The molecule has 1 radical (unpaired) electrons. The molecule has 0 bridgehead atoms. The summed E-state index contributed by atoms with van der Waals surface area (Å²) in [6.07, 6.45) is 1.19. The molecule has 10 heavy (non-hydrogen) atoms. The van der Waals surface area contributed by atoms with Gasteiger partial charge in [-0.05, 0) is 6.92 Å². The molecule has 2 heteroatoms. The fourth-order valence-corrected chi connectivity index (χ4v) is 0.600. The van der Waals surface area contributed by atoms with Crippen molar-refractivity contribution < 1.29 is 9.47 Å². The van der Waals surface area contributed by atoms with Crippen molar-refractivity contribution in [3.05, 3.63) is 19.8 Å². The number of rotatable bonds is 5. The zero-order chi connectivity index (χ0) is 7.98. The first kappa shape index (κ1) is 9.50. The average Bonchev–Trinajstić information content (AvgIpc) is 1.87. The zero-order valence-electron chi connectivity index (χ0n) is 6.67. The minimum atomic E-state index is -0.199. The molecule has 0 aliphatic carbocycles. The van der Waals surface area contributed by atoms with Gasteiger partial charge in [0, 0.05) is 5.92 Å². The summed E-state index contributed by atoms with van der Waals surface area (Å²) in [6, 6.07) is 0. The van der Waals surface area contributed by atoms with Gasteiger partial charge in [-0.25, -0.2) is 0 Å². The quantitative estimate of drug-likeness (QED) is 0.433. The van der Waals surface area contributed by atoms with Crippen molar-refractivity contribution in [3.63, 3.8) is 0 Å². The van der Waals surface area contributed by atoms with E-state index in [-0.39, 0.29) is 6.29 Å². The van der Waals surface area contributed by atoms with Crippen LogP contribution in [0.3, 0.4) is 0 Å². The minimum Gasteiger partial charge on any atom is -0.473 e. The van der Waals surface area contributed by atoms with Gasteiger partial charge >= 0.3 is 0 Å². The van der Waals surface area contributed by atoms with E-state index in [9.17, 15) is 0 Å². The highest BCUT2D eigenvalue weighted by atomic mass is 16.7. The van der Waals surface area contributed by atoms with E-state index in [1.807, 2.05) is 13.8 Å². The number of hydrogen-bond acceptors (Lipinski definition) is 2. The van der Waals surface area contributed by atoms with E-state index in [4.69, 9.17) is 9.47 Å². The van der Waals surface area contributed by atoms with Gasteiger partial charge in [0.2, 0.25) is 6.29 Å². The summed E-state index contributed by atoms with van der Waals surface area (Å²) in [4.78, 5) is 0. The molecule has 0 aliphatic rings. The molecule has 0 saturated heterocycles. The van der Waals surface area contributed by atoms with Gasteiger partial charge < -0.3 is 9.47 Å². The second-order valence-electron chi connectivity index (χ2n) is 2.29. The molecule has 0 aromatic carbocycles. The van der Waals surface area contributed by atoms with Crippen LogP contribution in [-0.4, -0.2) is 12.9 Å². The lowest BCUT2D eigenvalue weighted by molar-refractivity contribution is -0.124. The lowest BCUT2D eigenvalue weighted by atomic mass is 10.2. The summed E-state index contributed by atoms with van der Waals surface area (Å²) in [7, 11) is 0. The Balaban J connectivity index is 3.60. The Bertz CT molecular complexity index is 89.3. The second kappa shape index (κ2) is 5.30. The summed E-state index contributed by atoms with van der Waals surface area (Å²) in [6.45, 7) is 11.5. The number of hydrogen-bond donors (Lipinski definition) is 0. The highest BCUT2D eigenvalue weighted by molar-refractivity contribution is 4.57. The van der Waals surface area contributed by atoms with Crippen LogP contribution in [0.5, 0.6) is 0 Å². The Morgan fingerprint density at radius 3 is 2.40 bits per heavy atom. The molecule has 0 saturated carbocycles. The molecule has 1 atom stereocenters. The van der Waals surface area contributed by atoms with Gasteiger partial charge in [0.15, 0.2) is 0 Å². The normalized spacial score (nSPS) is 13.2. The molecule has 0 rings (SSSR count). The van der Waals surface area contributed by atoms with E-state index in [0.29, 0.717) is 12.5 Å². The first-order valence-corrected chi connectivity index (χ1v) is 3.39. The molecule has 0 aromatic rings. The topological polar surface area (TPSA) is 18.5 Å². The molecular formula is C8H15O2. The van der Waals surface area contributed by atoms with E-state index in [1.54, 1.807) is 0 Å². The molecule has 1 unspecified atom stereocenters. The van der Waals surface area contributed by atoms with Crippen molar-refractivity contribution in [2.45, 2.75) is 20.1 Å². The van der Waals surface area contributed by atoms with Crippen molar-refractivity contribution in [1.29, 1.82) is 0 Å². The van der Waals surface area contributed by atoms with Gasteiger partial charge in [-0.15, -0.1) is 0 Å². The molecule has 0 aliphatic heterocycles. The third-order valence-corrected chi connectivity index (χ3v) is 1.06. The van der Waals surface area contributed by atoms with Crippen LogP contribution in [-0.2, 0) is 9.47 Å². The zero-order valence-corrected chi connectivity index (χ0v) is 6.67. The predicted octanol–water partition coefficient (Wildman–Crippen LogP) is 1.98. The highest BCUT2D eigenvalue weighted by Gasteiger charge is 2.11. The molecule has 2 nitrogen and oxygen atoms in total. The Labute approximate surface area is 62.8 Å². The Morgan fingerprint density at radius 1 is 1.50 bits per heavy atom. The van der Waals surface area contributed by atoms with Gasteiger partial charge in [-0.1, -0.05) is 20.4 Å². The van der Waals surface area contributed by atoms with Crippen molar-refractivity contribution >= 4 is 0 Å². The van der Waals surface area contributed by atoms with Crippen LogP contribution < -0.4 is 0 Å². The van der Waals surface area contributed by atoms with Crippen molar-refractivity contribution in [2.24, 2.45) is 5.92 Å². The second-order valence-corrected chi connectivity index (χ2v) is 2.29. The van der Waals surface area contributed by atoms with Crippen molar-refractivity contribution in [1.82, 2.24) is 0 Å². The summed E-state index contributed by atoms with van der Waals surface area (Å²) in [5.41, 5.74) is 0. The smallest absolute Gasteiger partial charge is 0.201 e. The third kappa shape index (κ3) is 3.51. The maximum atomic E-state index is 5.14. The van der Waals surface area contributed by atoms with E-state index >= 15 is 0 Å². The van der Waals surface area contributed by atoms with Crippen molar-refractivity contribution in [2.75, 3.05) is 6.61 Å². The fourth-order valence-electron chi connectivity index (χ4n) is 0.600. The minimum absolute atomic E-state index is 0.199. The van der Waals surface area contributed by atoms with E-state index in [2.05, 4.69) is 13.5 Å². The van der Waals surface area contributed by atoms with Gasteiger partial charge in [-0.3, -0.25) is 0 Å². The summed E-state index contributed by atoms with van der Waals surface area (Å²) >= 11 is 0. The molecule has 0 heterocycles. The van der Waals surface area contributed by atoms with Crippen LogP contribution in [0.15, 0.2) is 12.8 Å². The molecule has 59 valence electrons. The monoisotopic (exact) mass is 143 g/mol. The summed E-state index contributed by atoms with van der Waals surface area (Å²) in [5, 5.41) is 0. The predicted molar refractivity (Wildman–Crippen MR) is 41.2 cm³/mol. The lowest BCUT2D eigenvalue weighted by Gasteiger charge is -2.19.